The number of carbonyl (C=O) groups excluding carboxylic acids is 1. The number of benzene rings is 1. The molecule has 3 rings (SSSR count). The van der Waals surface area contributed by atoms with Crippen molar-refractivity contribution in [3.05, 3.63) is 59.4 Å². The Morgan fingerprint density at radius 2 is 1.88 bits per heavy atom. The third-order valence-corrected chi connectivity index (χ3v) is 4.43. The van der Waals surface area contributed by atoms with E-state index in [0.717, 1.165) is 23.4 Å². The van der Waals surface area contributed by atoms with Crippen LogP contribution in [0.5, 0.6) is 0 Å². The molecule has 4 heteroatoms. The molecule has 0 saturated carbocycles. The molecule has 0 unspecified atom stereocenters. The van der Waals surface area contributed by atoms with Gasteiger partial charge in [-0.1, -0.05) is 44.2 Å². The molecule has 0 N–H and O–H groups in total. The predicted octanol–water partition coefficient (Wildman–Crippen LogP) is 4.27. The number of nitrogens with zero attached hydrogens (tertiary/aromatic N) is 2. The van der Waals surface area contributed by atoms with E-state index in [1.165, 1.54) is 5.56 Å². The third-order valence-electron chi connectivity index (χ3n) is 4.43. The number of anilines is 1. The molecule has 1 aliphatic heterocycles. The van der Waals surface area contributed by atoms with Gasteiger partial charge in [-0.05, 0) is 44.4 Å². The van der Waals surface area contributed by atoms with E-state index in [1.54, 1.807) is 5.06 Å². The van der Waals surface area contributed by atoms with Gasteiger partial charge in [0.25, 0.3) is 0 Å². The largest absolute Gasteiger partial charge is 0.340 e. The van der Waals surface area contributed by atoms with Crippen LogP contribution < -0.4 is 5.06 Å². The molecule has 4 nitrogen and oxygen atoms in total. The van der Waals surface area contributed by atoms with Crippen molar-refractivity contribution in [3.8, 4) is 0 Å². The molecule has 1 aliphatic rings. The summed E-state index contributed by atoms with van der Waals surface area (Å²) in [6, 6.07) is 12.4. The molecule has 25 heavy (non-hydrogen) atoms. The Morgan fingerprint density at radius 3 is 2.52 bits per heavy atom. The van der Waals surface area contributed by atoms with Crippen LogP contribution in [0.25, 0.3) is 0 Å². The summed E-state index contributed by atoms with van der Waals surface area (Å²) in [4.78, 5) is 22.7. The van der Waals surface area contributed by atoms with Gasteiger partial charge in [0, 0.05) is 11.6 Å². The van der Waals surface area contributed by atoms with Crippen molar-refractivity contribution in [2.75, 3.05) is 11.6 Å². The monoisotopic (exact) mass is 338 g/mol. The number of aromatic nitrogens is 1. The Labute approximate surface area is 149 Å². The average Bonchev–Trinajstić information content (AvgIpc) is 2.78. The highest BCUT2D eigenvalue weighted by molar-refractivity contribution is 5.77. The Morgan fingerprint density at radius 1 is 1.20 bits per heavy atom. The number of hydroxylamine groups is 1. The summed E-state index contributed by atoms with van der Waals surface area (Å²) in [6.45, 7) is 10.5. The van der Waals surface area contributed by atoms with Crippen LogP contribution in [0, 0.1) is 5.41 Å². The Kier molecular flexibility index (Phi) is 4.31. The zero-order chi connectivity index (χ0) is 18.2. The molecule has 0 spiro atoms. The number of rotatable bonds is 3. The van der Waals surface area contributed by atoms with E-state index in [0.29, 0.717) is 6.54 Å². The molecule has 0 aliphatic carbocycles. The lowest BCUT2D eigenvalue weighted by atomic mass is 9.91. The summed E-state index contributed by atoms with van der Waals surface area (Å²) in [5.74, 6) is -0.232. The lowest BCUT2D eigenvalue weighted by molar-refractivity contribution is -0.154. The Balaban J connectivity index is 1.89. The van der Waals surface area contributed by atoms with Gasteiger partial charge in [0.1, 0.15) is 0 Å². The molecule has 0 radical (unpaired) electrons. The molecule has 2 heterocycles. The van der Waals surface area contributed by atoms with Gasteiger partial charge in [-0.25, -0.2) is 9.86 Å². The van der Waals surface area contributed by atoms with Gasteiger partial charge in [0.15, 0.2) is 0 Å². The molecule has 0 atom stereocenters. The lowest BCUT2D eigenvalue weighted by Crippen LogP contribution is -2.35. The normalized spacial score (nSPS) is 15.8. The summed E-state index contributed by atoms with van der Waals surface area (Å²) in [6.07, 6.45) is 2.74. The van der Waals surface area contributed by atoms with Gasteiger partial charge in [-0.15, -0.1) is 0 Å². The van der Waals surface area contributed by atoms with Crippen molar-refractivity contribution in [1.29, 1.82) is 0 Å². The van der Waals surface area contributed by atoms with Gasteiger partial charge < -0.3 is 4.84 Å². The first-order valence-electron chi connectivity index (χ1n) is 8.70. The van der Waals surface area contributed by atoms with Crippen LogP contribution in [0.2, 0.25) is 0 Å². The molecule has 1 aromatic carbocycles. The number of hydrogen-bond donors (Lipinski definition) is 0. The summed E-state index contributed by atoms with van der Waals surface area (Å²) >= 11 is 0. The average molecular weight is 338 g/mol. The molecule has 132 valence electrons. The first kappa shape index (κ1) is 17.5. The van der Waals surface area contributed by atoms with Crippen LogP contribution >= 0.6 is 0 Å². The first-order valence-corrected chi connectivity index (χ1v) is 8.70. The van der Waals surface area contributed by atoms with E-state index in [1.807, 2.05) is 45.2 Å². The van der Waals surface area contributed by atoms with Crippen molar-refractivity contribution in [3.63, 3.8) is 0 Å². The van der Waals surface area contributed by atoms with Gasteiger partial charge >= 0.3 is 5.97 Å². The molecule has 1 aromatic heterocycles. The molecule has 2 aromatic rings. The minimum atomic E-state index is -0.540. The number of pyridine rings is 1. The highest BCUT2D eigenvalue weighted by Crippen LogP contribution is 2.40. The zero-order valence-electron chi connectivity index (χ0n) is 15.7. The van der Waals surface area contributed by atoms with Crippen LogP contribution in [-0.4, -0.2) is 17.5 Å². The van der Waals surface area contributed by atoms with Crippen LogP contribution in [0.1, 0.15) is 51.4 Å². The summed E-state index contributed by atoms with van der Waals surface area (Å²) in [5.41, 5.74) is 3.53. The van der Waals surface area contributed by atoms with E-state index in [4.69, 9.17) is 9.82 Å². The number of fused-ring (bicyclic) bond motifs is 1. The second kappa shape index (κ2) is 6.17. The molecule has 0 bridgehead atoms. The Hall–Kier alpha value is -2.36. The highest BCUT2D eigenvalue weighted by Gasteiger charge is 2.40. The van der Waals surface area contributed by atoms with Crippen molar-refractivity contribution in [2.24, 2.45) is 5.41 Å². The van der Waals surface area contributed by atoms with Crippen molar-refractivity contribution in [1.82, 2.24) is 4.98 Å². The fourth-order valence-electron chi connectivity index (χ4n) is 2.97. The molecule has 0 fully saturated rings. The standard InChI is InChI=1S/C21H26N2O2/c1-20(2,3)19(24)25-23-14-21(4,5)18-17(23)12-16(13-22-18)11-15-9-7-6-8-10-15/h6-10,12-13H,11,14H2,1-5H3. The second-order valence-corrected chi connectivity index (χ2v) is 8.42. The third kappa shape index (κ3) is 3.68. The predicted molar refractivity (Wildman–Crippen MR) is 99.4 cm³/mol. The van der Waals surface area contributed by atoms with E-state index < -0.39 is 5.41 Å². The molecule has 0 amide bonds. The second-order valence-electron chi connectivity index (χ2n) is 8.42. The summed E-state index contributed by atoms with van der Waals surface area (Å²) in [5, 5.41) is 1.71. The van der Waals surface area contributed by atoms with Crippen molar-refractivity contribution >= 4 is 11.7 Å². The van der Waals surface area contributed by atoms with E-state index in [-0.39, 0.29) is 11.4 Å². The lowest BCUT2D eigenvalue weighted by Gasteiger charge is -2.24. The maximum atomic E-state index is 12.3. The van der Waals surface area contributed by atoms with E-state index in [9.17, 15) is 4.79 Å². The molecule has 0 saturated heterocycles. The summed E-state index contributed by atoms with van der Waals surface area (Å²) in [7, 11) is 0. The van der Waals surface area contributed by atoms with Gasteiger partial charge in [0.05, 0.1) is 23.3 Å². The fraction of sp³-hybridized carbons (Fsp3) is 0.429. The summed E-state index contributed by atoms with van der Waals surface area (Å²) < 4.78 is 0. The zero-order valence-corrected chi connectivity index (χ0v) is 15.7. The minimum Gasteiger partial charge on any atom is -0.340 e. The van der Waals surface area contributed by atoms with Gasteiger partial charge in [0.2, 0.25) is 0 Å². The SMILES string of the molecule is CC(C)(C)C(=O)ON1CC(C)(C)c2ncc(Cc3ccccc3)cc21. The highest BCUT2D eigenvalue weighted by atomic mass is 16.7. The van der Waals surface area contributed by atoms with Crippen LogP contribution in [-0.2, 0) is 21.5 Å². The van der Waals surface area contributed by atoms with E-state index >= 15 is 0 Å². The smallest absolute Gasteiger partial charge is 0.337 e. The van der Waals surface area contributed by atoms with Crippen LogP contribution in [0.3, 0.4) is 0 Å². The minimum absolute atomic E-state index is 0.154. The van der Waals surface area contributed by atoms with Crippen molar-refractivity contribution < 1.29 is 9.63 Å². The Bertz CT molecular complexity index is 776. The molecular formula is C21H26N2O2. The van der Waals surface area contributed by atoms with Crippen LogP contribution in [0.4, 0.5) is 5.69 Å². The van der Waals surface area contributed by atoms with E-state index in [2.05, 4.69) is 32.0 Å². The maximum absolute atomic E-state index is 12.3. The van der Waals surface area contributed by atoms with Gasteiger partial charge in [-0.2, -0.15) is 0 Å². The fourth-order valence-corrected chi connectivity index (χ4v) is 2.97. The maximum Gasteiger partial charge on any atom is 0.337 e. The quantitative estimate of drug-likeness (QED) is 0.838. The molecular weight excluding hydrogens is 312 g/mol. The topological polar surface area (TPSA) is 42.4 Å². The van der Waals surface area contributed by atoms with Gasteiger partial charge in [-0.3, -0.25) is 4.98 Å². The van der Waals surface area contributed by atoms with Crippen LogP contribution in [0.15, 0.2) is 42.6 Å². The number of carbonyl (C=O) groups is 1. The number of hydrogen-bond acceptors (Lipinski definition) is 4. The first-order chi connectivity index (χ1) is 11.7. The van der Waals surface area contributed by atoms with Crippen molar-refractivity contribution in [2.45, 2.75) is 46.5 Å².